The summed E-state index contributed by atoms with van der Waals surface area (Å²) in [5, 5.41) is 0. The fraction of sp³-hybridized carbons (Fsp3) is 0.409. The molecule has 0 atom stereocenters. The van der Waals surface area contributed by atoms with Gasteiger partial charge in [0.05, 0.1) is 5.92 Å². The van der Waals surface area contributed by atoms with Crippen molar-refractivity contribution in [2.45, 2.75) is 45.4 Å². The smallest absolute Gasteiger partial charge is 0.234 e. The van der Waals surface area contributed by atoms with Gasteiger partial charge >= 0.3 is 0 Å². The van der Waals surface area contributed by atoms with Gasteiger partial charge in [0.25, 0.3) is 0 Å². The van der Waals surface area contributed by atoms with Crippen molar-refractivity contribution in [1.29, 1.82) is 0 Å². The van der Waals surface area contributed by atoms with E-state index < -0.39 is 0 Å². The van der Waals surface area contributed by atoms with Gasteiger partial charge in [-0.25, -0.2) is 0 Å². The summed E-state index contributed by atoms with van der Waals surface area (Å²) in [5.74, 6) is 0.0235. The molecule has 0 aliphatic heterocycles. The molecule has 0 radical (unpaired) electrons. The van der Waals surface area contributed by atoms with Crippen LogP contribution in [0.4, 0.5) is 0 Å². The number of nitrogens with zero attached hydrogens (tertiary/aromatic N) is 1. The number of benzene rings is 2. The standard InChI is InChI=1S/C22H29NO/c1-3-5-17-23(18-6-4-2)22(24)21(19-13-9-7-10-14-19)20-15-11-8-12-16-20/h7-16,21H,3-6,17-18H2,1-2H3. The molecule has 0 saturated heterocycles. The van der Waals surface area contributed by atoms with Crippen LogP contribution in [0.25, 0.3) is 0 Å². The first-order valence-electron chi connectivity index (χ1n) is 9.16. The fourth-order valence-electron chi connectivity index (χ4n) is 2.98. The van der Waals surface area contributed by atoms with Crippen LogP contribution in [0.3, 0.4) is 0 Å². The molecular formula is C22H29NO. The first-order valence-corrected chi connectivity index (χ1v) is 9.16. The lowest BCUT2D eigenvalue weighted by atomic mass is 9.90. The summed E-state index contributed by atoms with van der Waals surface area (Å²) < 4.78 is 0. The van der Waals surface area contributed by atoms with Gasteiger partial charge in [-0.2, -0.15) is 0 Å². The molecule has 0 aromatic heterocycles. The maximum atomic E-state index is 13.4. The number of hydrogen-bond acceptors (Lipinski definition) is 1. The minimum atomic E-state index is -0.207. The van der Waals surface area contributed by atoms with Crippen molar-refractivity contribution in [3.8, 4) is 0 Å². The van der Waals surface area contributed by atoms with E-state index in [2.05, 4.69) is 43.0 Å². The minimum absolute atomic E-state index is 0.207. The molecule has 2 nitrogen and oxygen atoms in total. The summed E-state index contributed by atoms with van der Waals surface area (Å²) >= 11 is 0. The lowest BCUT2D eigenvalue weighted by Crippen LogP contribution is -2.37. The quantitative estimate of drug-likeness (QED) is 0.617. The third-order valence-electron chi connectivity index (χ3n) is 4.39. The van der Waals surface area contributed by atoms with Gasteiger partial charge in [0.1, 0.15) is 0 Å². The van der Waals surface area contributed by atoms with E-state index in [1.807, 2.05) is 36.4 Å². The Labute approximate surface area is 146 Å². The van der Waals surface area contributed by atoms with E-state index in [-0.39, 0.29) is 11.8 Å². The Kier molecular flexibility index (Phi) is 7.54. The molecule has 0 heterocycles. The molecular weight excluding hydrogens is 294 g/mol. The van der Waals surface area contributed by atoms with Crippen molar-refractivity contribution in [3.63, 3.8) is 0 Å². The maximum Gasteiger partial charge on any atom is 0.234 e. The highest BCUT2D eigenvalue weighted by molar-refractivity contribution is 5.87. The lowest BCUT2D eigenvalue weighted by molar-refractivity contribution is -0.132. The number of unbranched alkanes of at least 4 members (excludes halogenated alkanes) is 2. The zero-order valence-electron chi connectivity index (χ0n) is 14.9. The van der Waals surface area contributed by atoms with Gasteiger partial charge in [0, 0.05) is 13.1 Å². The van der Waals surface area contributed by atoms with E-state index in [0.29, 0.717) is 0 Å². The van der Waals surface area contributed by atoms with Crippen molar-refractivity contribution in [2.24, 2.45) is 0 Å². The average Bonchev–Trinajstić information content (AvgIpc) is 2.64. The van der Waals surface area contributed by atoms with Crippen molar-refractivity contribution >= 4 is 5.91 Å². The van der Waals surface area contributed by atoms with Gasteiger partial charge in [-0.05, 0) is 24.0 Å². The molecule has 0 saturated carbocycles. The lowest BCUT2D eigenvalue weighted by Gasteiger charge is -2.28. The molecule has 2 heteroatoms. The van der Waals surface area contributed by atoms with E-state index in [4.69, 9.17) is 0 Å². The Hall–Kier alpha value is -2.09. The monoisotopic (exact) mass is 323 g/mol. The van der Waals surface area contributed by atoms with Crippen molar-refractivity contribution < 1.29 is 4.79 Å². The van der Waals surface area contributed by atoms with E-state index >= 15 is 0 Å². The second kappa shape index (κ2) is 9.92. The van der Waals surface area contributed by atoms with E-state index in [9.17, 15) is 4.79 Å². The number of amides is 1. The highest BCUT2D eigenvalue weighted by Crippen LogP contribution is 2.27. The highest BCUT2D eigenvalue weighted by Gasteiger charge is 2.26. The van der Waals surface area contributed by atoms with Crippen molar-refractivity contribution in [3.05, 3.63) is 71.8 Å². The summed E-state index contributed by atoms with van der Waals surface area (Å²) in [6.45, 7) is 6.06. The molecule has 2 aromatic rings. The molecule has 2 aromatic carbocycles. The SMILES string of the molecule is CCCCN(CCCC)C(=O)C(c1ccccc1)c1ccccc1. The van der Waals surface area contributed by atoms with Crippen LogP contribution in [0.15, 0.2) is 60.7 Å². The van der Waals surface area contributed by atoms with Crippen LogP contribution in [-0.2, 0) is 4.79 Å². The van der Waals surface area contributed by atoms with E-state index in [1.165, 1.54) is 0 Å². The van der Waals surface area contributed by atoms with Crippen LogP contribution in [-0.4, -0.2) is 23.9 Å². The molecule has 0 N–H and O–H groups in total. The third kappa shape index (κ3) is 4.95. The second-order valence-electron chi connectivity index (χ2n) is 6.29. The largest absolute Gasteiger partial charge is 0.342 e. The van der Waals surface area contributed by atoms with Crippen LogP contribution < -0.4 is 0 Å². The van der Waals surface area contributed by atoms with Crippen LogP contribution in [0, 0.1) is 0 Å². The first-order chi connectivity index (χ1) is 11.8. The van der Waals surface area contributed by atoms with Gasteiger partial charge in [0.2, 0.25) is 5.91 Å². The van der Waals surface area contributed by atoms with Crippen LogP contribution >= 0.6 is 0 Å². The van der Waals surface area contributed by atoms with Gasteiger partial charge < -0.3 is 4.90 Å². The predicted molar refractivity (Wildman–Crippen MR) is 101 cm³/mol. The molecule has 0 aliphatic carbocycles. The summed E-state index contributed by atoms with van der Waals surface area (Å²) in [7, 11) is 0. The second-order valence-corrected chi connectivity index (χ2v) is 6.29. The molecule has 128 valence electrons. The van der Waals surface area contributed by atoms with Crippen LogP contribution in [0.5, 0.6) is 0 Å². The average molecular weight is 323 g/mol. The molecule has 1 amide bonds. The van der Waals surface area contributed by atoms with Crippen molar-refractivity contribution in [2.75, 3.05) is 13.1 Å². The Bertz CT molecular complexity index is 546. The van der Waals surface area contributed by atoms with Gasteiger partial charge in [-0.1, -0.05) is 87.4 Å². The zero-order chi connectivity index (χ0) is 17.2. The third-order valence-corrected chi connectivity index (χ3v) is 4.39. The van der Waals surface area contributed by atoms with Gasteiger partial charge in [-0.15, -0.1) is 0 Å². The van der Waals surface area contributed by atoms with Crippen LogP contribution in [0.1, 0.15) is 56.6 Å². The fourth-order valence-corrected chi connectivity index (χ4v) is 2.98. The normalized spacial score (nSPS) is 10.8. The Morgan fingerprint density at radius 3 is 1.58 bits per heavy atom. The Balaban J connectivity index is 2.32. The molecule has 0 spiro atoms. The number of hydrogen-bond donors (Lipinski definition) is 0. The van der Waals surface area contributed by atoms with E-state index in [0.717, 1.165) is 49.9 Å². The number of carbonyl (C=O) groups is 1. The summed E-state index contributed by atoms with van der Waals surface area (Å²) in [6.07, 6.45) is 4.34. The molecule has 0 unspecified atom stereocenters. The van der Waals surface area contributed by atoms with Gasteiger partial charge in [0.15, 0.2) is 0 Å². The maximum absolute atomic E-state index is 13.4. The molecule has 0 bridgehead atoms. The first kappa shape index (κ1) is 18.3. The van der Waals surface area contributed by atoms with E-state index in [1.54, 1.807) is 0 Å². The highest BCUT2D eigenvalue weighted by atomic mass is 16.2. The van der Waals surface area contributed by atoms with Gasteiger partial charge in [-0.3, -0.25) is 4.79 Å². The Morgan fingerprint density at radius 1 is 0.792 bits per heavy atom. The molecule has 0 fully saturated rings. The molecule has 2 rings (SSSR count). The summed E-state index contributed by atoms with van der Waals surface area (Å²) in [5.41, 5.74) is 2.15. The molecule has 0 aliphatic rings. The molecule has 24 heavy (non-hydrogen) atoms. The minimum Gasteiger partial charge on any atom is -0.342 e. The van der Waals surface area contributed by atoms with Crippen LogP contribution in [0.2, 0.25) is 0 Å². The number of carbonyl (C=O) groups excluding carboxylic acids is 1. The zero-order valence-corrected chi connectivity index (χ0v) is 14.9. The predicted octanol–water partition coefficient (Wildman–Crippen LogP) is 5.25. The Morgan fingerprint density at radius 2 is 1.21 bits per heavy atom. The number of rotatable bonds is 9. The van der Waals surface area contributed by atoms with Crippen molar-refractivity contribution in [1.82, 2.24) is 4.90 Å². The topological polar surface area (TPSA) is 20.3 Å². The summed E-state index contributed by atoms with van der Waals surface area (Å²) in [4.78, 5) is 15.4. The summed E-state index contributed by atoms with van der Waals surface area (Å²) in [6, 6.07) is 20.3.